The van der Waals surface area contributed by atoms with E-state index in [0.717, 1.165) is 17.9 Å². The molecule has 0 aromatic carbocycles. The van der Waals surface area contributed by atoms with Gasteiger partial charge in [-0.25, -0.2) is 13.4 Å². The maximum Gasteiger partial charge on any atom is 0.289 e. The van der Waals surface area contributed by atoms with E-state index in [1.54, 1.807) is 0 Å². The molecule has 0 spiro atoms. The summed E-state index contributed by atoms with van der Waals surface area (Å²) in [5.41, 5.74) is 0. The maximum atomic E-state index is 10.4. The van der Waals surface area contributed by atoms with Gasteiger partial charge in [0.05, 0.1) is 0 Å². The highest BCUT2D eigenvalue weighted by Crippen LogP contribution is 2.13. The number of hydrogen-bond donors (Lipinski definition) is 0. The summed E-state index contributed by atoms with van der Waals surface area (Å²) in [6.45, 7) is 0. The van der Waals surface area contributed by atoms with Crippen LogP contribution in [0.25, 0.3) is 0 Å². The van der Waals surface area contributed by atoms with Gasteiger partial charge < -0.3 is 0 Å². The molecule has 0 unspecified atom stereocenters. The smallest absolute Gasteiger partial charge is 0.211 e. The molecule has 1 heterocycles. The molecular weight excluding hydrogens is 184 g/mol. The minimum Gasteiger partial charge on any atom is -0.211 e. The lowest BCUT2D eigenvalue weighted by molar-refractivity contribution is 0.609. The average Bonchev–Trinajstić information content (AvgIpc) is 2.08. The quantitative estimate of drug-likeness (QED) is 0.596. The maximum absolute atomic E-state index is 10.4. The number of halogens is 1. The minimum absolute atomic E-state index is 0.163. The normalized spacial score (nSPS) is 11.7. The first-order valence-electron chi connectivity index (χ1n) is 1.82. The Morgan fingerprint density at radius 2 is 2.33 bits per heavy atom. The van der Waals surface area contributed by atoms with Gasteiger partial charge >= 0.3 is 0 Å². The summed E-state index contributed by atoms with van der Waals surface area (Å²) < 4.78 is 24.0. The topological polar surface area (TPSA) is 59.9 Å². The Morgan fingerprint density at radius 3 is 2.56 bits per heavy atom. The van der Waals surface area contributed by atoms with Crippen LogP contribution in [0.2, 0.25) is 0 Å². The Balaban J connectivity index is 3.20. The molecule has 0 fully saturated rings. The zero-order chi connectivity index (χ0) is 6.91. The van der Waals surface area contributed by atoms with E-state index in [0.29, 0.717) is 0 Å². The van der Waals surface area contributed by atoms with Crippen molar-refractivity contribution in [2.75, 3.05) is 0 Å². The van der Waals surface area contributed by atoms with Crippen molar-refractivity contribution in [1.29, 1.82) is 0 Å². The van der Waals surface area contributed by atoms with Gasteiger partial charge in [-0.15, -0.1) is 0 Å². The summed E-state index contributed by atoms with van der Waals surface area (Å²) in [5.74, 6) is 0. The standard InChI is InChI=1S/C2HClN2O2S2/c3-9(6,7)2-4-1-5-8-2/h1H. The van der Waals surface area contributed by atoms with Crippen molar-refractivity contribution in [3.8, 4) is 0 Å². The van der Waals surface area contributed by atoms with Gasteiger partial charge in [-0.3, -0.25) is 0 Å². The molecule has 0 radical (unpaired) electrons. The first-order chi connectivity index (χ1) is 4.11. The molecule has 7 heteroatoms. The third-order valence-corrected chi connectivity index (χ3v) is 3.13. The van der Waals surface area contributed by atoms with Crippen LogP contribution in [0, 0.1) is 0 Å². The van der Waals surface area contributed by atoms with Crippen LogP contribution in [0.4, 0.5) is 0 Å². The lowest BCUT2D eigenvalue weighted by Crippen LogP contribution is -1.86. The third-order valence-electron chi connectivity index (χ3n) is 0.550. The van der Waals surface area contributed by atoms with Crippen LogP contribution < -0.4 is 0 Å². The summed E-state index contributed by atoms with van der Waals surface area (Å²) in [6, 6.07) is 0. The first-order valence-corrected chi connectivity index (χ1v) is 4.90. The average molecular weight is 185 g/mol. The molecule has 9 heavy (non-hydrogen) atoms. The van der Waals surface area contributed by atoms with Crippen molar-refractivity contribution in [2.24, 2.45) is 0 Å². The van der Waals surface area contributed by atoms with Crippen molar-refractivity contribution in [1.82, 2.24) is 9.36 Å². The molecule has 0 saturated heterocycles. The van der Waals surface area contributed by atoms with Crippen molar-refractivity contribution in [3.63, 3.8) is 0 Å². The summed E-state index contributed by atoms with van der Waals surface area (Å²) in [4.78, 5) is 3.38. The van der Waals surface area contributed by atoms with Crippen LogP contribution >= 0.6 is 22.2 Å². The number of rotatable bonds is 1. The highest BCUT2D eigenvalue weighted by Gasteiger charge is 2.12. The summed E-state index contributed by atoms with van der Waals surface area (Å²) >= 11 is 0.749. The van der Waals surface area contributed by atoms with Crippen LogP contribution in [-0.2, 0) is 9.05 Å². The lowest BCUT2D eigenvalue weighted by Gasteiger charge is -1.79. The highest BCUT2D eigenvalue weighted by atomic mass is 35.7. The van der Waals surface area contributed by atoms with Gasteiger partial charge in [0.1, 0.15) is 6.33 Å². The van der Waals surface area contributed by atoms with E-state index in [2.05, 4.69) is 9.36 Å². The summed E-state index contributed by atoms with van der Waals surface area (Å²) in [6.07, 6.45) is 1.14. The number of aromatic nitrogens is 2. The van der Waals surface area contributed by atoms with Crippen LogP contribution in [0.15, 0.2) is 10.7 Å². The van der Waals surface area contributed by atoms with E-state index < -0.39 is 9.05 Å². The molecule has 1 aromatic rings. The van der Waals surface area contributed by atoms with Gasteiger partial charge in [-0.1, -0.05) is 0 Å². The molecule has 0 atom stereocenters. The van der Waals surface area contributed by atoms with Gasteiger partial charge in [0.15, 0.2) is 0 Å². The van der Waals surface area contributed by atoms with Crippen molar-refractivity contribution < 1.29 is 8.42 Å². The number of nitrogens with zero attached hydrogens (tertiary/aromatic N) is 2. The van der Waals surface area contributed by atoms with E-state index in [9.17, 15) is 8.42 Å². The minimum atomic E-state index is -3.64. The third kappa shape index (κ3) is 1.60. The summed E-state index contributed by atoms with van der Waals surface area (Å²) in [7, 11) is 1.24. The lowest BCUT2D eigenvalue weighted by atomic mass is 11.3. The molecule has 1 aromatic heterocycles. The van der Waals surface area contributed by atoms with Gasteiger partial charge in [0, 0.05) is 10.7 Å². The fourth-order valence-electron chi connectivity index (χ4n) is 0.270. The van der Waals surface area contributed by atoms with Crippen LogP contribution in [-0.4, -0.2) is 17.8 Å². The molecule has 0 aliphatic carbocycles. The van der Waals surface area contributed by atoms with E-state index in [-0.39, 0.29) is 4.34 Å². The van der Waals surface area contributed by atoms with Gasteiger partial charge in [-0.05, 0) is 11.5 Å². The predicted molar refractivity (Wildman–Crippen MR) is 32.9 cm³/mol. The SMILES string of the molecule is O=S(=O)(Cl)c1ncns1. The Bertz CT molecular complexity index is 278. The van der Waals surface area contributed by atoms with Crippen LogP contribution in [0.1, 0.15) is 0 Å². The largest absolute Gasteiger partial charge is 0.289 e. The predicted octanol–water partition coefficient (Wildman–Crippen LogP) is 0.466. The van der Waals surface area contributed by atoms with E-state index in [1.807, 2.05) is 0 Å². The molecule has 0 amide bonds. The second-order valence-corrected chi connectivity index (χ2v) is 4.66. The first kappa shape index (κ1) is 6.91. The fraction of sp³-hybridized carbons (Fsp3) is 0. The van der Waals surface area contributed by atoms with E-state index in [1.165, 1.54) is 0 Å². The van der Waals surface area contributed by atoms with E-state index in [4.69, 9.17) is 10.7 Å². The Labute approximate surface area is 60.1 Å². The van der Waals surface area contributed by atoms with Crippen molar-refractivity contribution >= 4 is 31.3 Å². The molecule has 1 rings (SSSR count). The molecule has 0 aliphatic rings. The Kier molecular flexibility index (Phi) is 1.69. The second-order valence-electron chi connectivity index (χ2n) is 1.15. The van der Waals surface area contributed by atoms with Gasteiger partial charge in [0.2, 0.25) is 4.34 Å². The fourth-order valence-corrected chi connectivity index (χ4v) is 1.58. The van der Waals surface area contributed by atoms with Crippen molar-refractivity contribution in [3.05, 3.63) is 6.33 Å². The second kappa shape index (κ2) is 2.20. The molecule has 4 nitrogen and oxygen atoms in total. The molecule has 0 aliphatic heterocycles. The van der Waals surface area contributed by atoms with E-state index >= 15 is 0 Å². The molecular formula is C2HClN2O2S2. The number of hydrogen-bond acceptors (Lipinski definition) is 5. The molecule has 0 bridgehead atoms. The van der Waals surface area contributed by atoms with Crippen LogP contribution in [0.5, 0.6) is 0 Å². The Hall–Kier alpha value is -0.200. The monoisotopic (exact) mass is 184 g/mol. The molecule has 0 N–H and O–H groups in total. The van der Waals surface area contributed by atoms with Gasteiger partial charge in [0.25, 0.3) is 9.05 Å². The zero-order valence-corrected chi connectivity index (χ0v) is 6.37. The Morgan fingerprint density at radius 1 is 1.67 bits per heavy atom. The molecule has 0 saturated carbocycles. The molecule has 50 valence electrons. The zero-order valence-electron chi connectivity index (χ0n) is 3.98. The van der Waals surface area contributed by atoms with Crippen LogP contribution in [0.3, 0.4) is 0 Å². The summed E-state index contributed by atoms with van der Waals surface area (Å²) in [5, 5.41) is 0. The highest BCUT2D eigenvalue weighted by molar-refractivity contribution is 8.14. The van der Waals surface area contributed by atoms with Crippen molar-refractivity contribution in [2.45, 2.75) is 4.34 Å². The van der Waals surface area contributed by atoms with Gasteiger partial charge in [-0.2, -0.15) is 4.37 Å².